The lowest BCUT2D eigenvalue weighted by molar-refractivity contribution is 0.107. The first-order valence-corrected chi connectivity index (χ1v) is 5.15. The van der Waals surface area contributed by atoms with Crippen molar-refractivity contribution in [3.8, 4) is 0 Å². The van der Waals surface area contributed by atoms with Crippen LogP contribution >= 0.6 is 0 Å². The number of nitrogens with one attached hydrogen (secondary N) is 1. The molecule has 0 aromatic carbocycles. The molecule has 1 amide bonds. The number of carbonyl (C=O) groups excluding carboxylic acids is 1. The second kappa shape index (κ2) is 6.79. The van der Waals surface area contributed by atoms with Gasteiger partial charge in [0.15, 0.2) is 0 Å². The third-order valence-electron chi connectivity index (χ3n) is 1.92. The number of amides is 1. The molecule has 88 valence electrons. The molecule has 0 unspecified atom stereocenters. The molecule has 1 aromatic rings. The smallest absolute Gasteiger partial charge is 0.412 e. The average molecular weight is 224 g/mol. The summed E-state index contributed by atoms with van der Waals surface area (Å²) in [6, 6.07) is 5.47. The van der Waals surface area contributed by atoms with Crippen LogP contribution in [0.3, 0.4) is 0 Å². The second-order valence-corrected chi connectivity index (χ2v) is 3.12. The van der Waals surface area contributed by atoms with Gasteiger partial charge in [0, 0.05) is 12.8 Å². The first-order chi connectivity index (χ1) is 7.76. The normalized spacial score (nSPS) is 9.88. The van der Waals surface area contributed by atoms with Crippen molar-refractivity contribution in [1.29, 1.82) is 0 Å². The highest BCUT2D eigenvalue weighted by atomic mass is 16.6. The molecule has 5 heteroatoms. The van der Waals surface area contributed by atoms with Crippen molar-refractivity contribution < 1.29 is 14.3 Å². The molecular weight excluding hydrogens is 208 g/mol. The number of aromatic nitrogens is 1. The maximum atomic E-state index is 11.3. The van der Waals surface area contributed by atoms with Crippen molar-refractivity contribution in [1.82, 2.24) is 4.98 Å². The Labute approximate surface area is 94.8 Å². The van der Waals surface area contributed by atoms with Crippen LogP contribution in [-0.2, 0) is 15.9 Å². The van der Waals surface area contributed by atoms with Gasteiger partial charge in [-0.15, -0.1) is 0 Å². The van der Waals surface area contributed by atoms with E-state index in [1.807, 2.05) is 19.1 Å². The topological polar surface area (TPSA) is 60.5 Å². The zero-order valence-electron chi connectivity index (χ0n) is 9.53. The molecule has 0 aliphatic heterocycles. The van der Waals surface area contributed by atoms with Crippen LogP contribution in [0.15, 0.2) is 18.2 Å². The number of hydrogen-bond acceptors (Lipinski definition) is 4. The van der Waals surface area contributed by atoms with Gasteiger partial charge >= 0.3 is 6.09 Å². The summed E-state index contributed by atoms with van der Waals surface area (Å²) in [5.74, 6) is 0.502. The number of rotatable bonds is 5. The zero-order valence-corrected chi connectivity index (χ0v) is 9.53. The monoisotopic (exact) mass is 224 g/mol. The average Bonchev–Trinajstić information content (AvgIpc) is 2.29. The fraction of sp³-hybridized carbons (Fsp3) is 0.455. The summed E-state index contributed by atoms with van der Waals surface area (Å²) in [6.07, 6.45) is 0.312. The van der Waals surface area contributed by atoms with E-state index in [2.05, 4.69) is 10.3 Å². The van der Waals surface area contributed by atoms with E-state index in [0.717, 1.165) is 12.1 Å². The van der Waals surface area contributed by atoms with Gasteiger partial charge in [0.05, 0.1) is 6.61 Å². The van der Waals surface area contributed by atoms with Crippen molar-refractivity contribution in [2.24, 2.45) is 0 Å². The van der Waals surface area contributed by atoms with Crippen LogP contribution < -0.4 is 5.32 Å². The van der Waals surface area contributed by atoms with Crippen molar-refractivity contribution in [2.45, 2.75) is 13.3 Å². The highest BCUT2D eigenvalue weighted by Gasteiger charge is 2.03. The van der Waals surface area contributed by atoms with E-state index in [9.17, 15) is 4.79 Å². The van der Waals surface area contributed by atoms with Gasteiger partial charge in [-0.3, -0.25) is 5.32 Å². The molecular formula is C11H16N2O3. The Balaban J connectivity index is 2.43. The van der Waals surface area contributed by atoms with Crippen LogP contribution in [0, 0.1) is 0 Å². The van der Waals surface area contributed by atoms with Crippen molar-refractivity contribution in [3.63, 3.8) is 0 Å². The second-order valence-electron chi connectivity index (χ2n) is 3.12. The van der Waals surface area contributed by atoms with E-state index >= 15 is 0 Å². The number of methoxy groups -OCH3 is 1. The van der Waals surface area contributed by atoms with Crippen molar-refractivity contribution in [2.75, 3.05) is 25.6 Å². The van der Waals surface area contributed by atoms with E-state index < -0.39 is 6.09 Å². The molecule has 0 aliphatic rings. The van der Waals surface area contributed by atoms with Gasteiger partial charge in [-0.1, -0.05) is 13.0 Å². The van der Waals surface area contributed by atoms with E-state index in [-0.39, 0.29) is 6.61 Å². The van der Waals surface area contributed by atoms with Crippen LogP contribution in [0.4, 0.5) is 10.6 Å². The molecule has 1 aromatic heterocycles. The van der Waals surface area contributed by atoms with E-state index in [4.69, 9.17) is 9.47 Å². The van der Waals surface area contributed by atoms with Crippen LogP contribution in [0.1, 0.15) is 12.6 Å². The van der Waals surface area contributed by atoms with E-state index in [0.29, 0.717) is 12.4 Å². The summed E-state index contributed by atoms with van der Waals surface area (Å²) in [4.78, 5) is 15.5. The molecule has 1 rings (SSSR count). The molecule has 0 saturated carbocycles. The van der Waals surface area contributed by atoms with E-state index in [1.54, 1.807) is 13.2 Å². The number of hydrogen-bond donors (Lipinski definition) is 1. The third kappa shape index (κ3) is 4.27. The van der Waals surface area contributed by atoms with Gasteiger partial charge in [0.25, 0.3) is 0 Å². The lowest BCUT2D eigenvalue weighted by atomic mass is 10.3. The van der Waals surface area contributed by atoms with Crippen molar-refractivity contribution >= 4 is 11.9 Å². The Morgan fingerprint density at radius 1 is 1.44 bits per heavy atom. The lowest BCUT2D eigenvalue weighted by Gasteiger charge is -2.06. The molecule has 0 saturated heterocycles. The molecule has 0 fully saturated rings. The van der Waals surface area contributed by atoms with Crippen LogP contribution in [0.2, 0.25) is 0 Å². The summed E-state index contributed by atoms with van der Waals surface area (Å²) in [5.41, 5.74) is 0.926. The summed E-state index contributed by atoms with van der Waals surface area (Å²) in [7, 11) is 1.55. The van der Waals surface area contributed by atoms with Crippen molar-refractivity contribution in [3.05, 3.63) is 23.9 Å². The maximum Gasteiger partial charge on any atom is 0.412 e. The Morgan fingerprint density at radius 3 is 2.94 bits per heavy atom. The first kappa shape index (κ1) is 12.4. The number of nitrogens with zero attached hydrogens (tertiary/aromatic N) is 1. The predicted octanol–water partition coefficient (Wildman–Crippen LogP) is 1.84. The highest BCUT2D eigenvalue weighted by Crippen LogP contribution is 2.05. The molecule has 0 atom stereocenters. The van der Waals surface area contributed by atoms with Crippen LogP contribution in [-0.4, -0.2) is 31.4 Å². The SMILES string of the molecule is CCc1cccc(NC(=O)OCCOC)n1. The molecule has 0 radical (unpaired) electrons. The van der Waals surface area contributed by atoms with Gasteiger partial charge < -0.3 is 9.47 Å². The molecule has 0 aliphatic carbocycles. The Morgan fingerprint density at radius 2 is 2.25 bits per heavy atom. The maximum absolute atomic E-state index is 11.3. The number of aryl methyl sites for hydroxylation is 1. The minimum atomic E-state index is -0.516. The Hall–Kier alpha value is -1.62. The molecule has 1 heterocycles. The summed E-state index contributed by atoms with van der Waals surface area (Å²) in [6.45, 7) is 2.62. The van der Waals surface area contributed by atoms with E-state index in [1.165, 1.54) is 0 Å². The van der Waals surface area contributed by atoms with Gasteiger partial charge in [-0.25, -0.2) is 9.78 Å². The largest absolute Gasteiger partial charge is 0.447 e. The summed E-state index contributed by atoms with van der Waals surface area (Å²) in [5, 5.41) is 2.55. The molecule has 0 bridgehead atoms. The fourth-order valence-electron chi connectivity index (χ4n) is 1.10. The van der Waals surface area contributed by atoms with Crippen LogP contribution in [0.25, 0.3) is 0 Å². The summed E-state index contributed by atoms with van der Waals surface area (Å²) >= 11 is 0. The highest BCUT2D eigenvalue weighted by molar-refractivity contribution is 5.83. The minimum absolute atomic E-state index is 0.232. The molecule has 16 heavy (non-hydrogen) atoms. The summed E-state index contributed by atoms with van der Waals surface area (Å²) < 4.78 is 9.60. The number of pyridine rings is 1. The number of anilines is 1. The zero-order chi connectivity index (χ0) is 11.8. The van der Waals surface area contributed by atoms with Gasteiger partial charge in [-0.05, 0) is 18.6 Å². The lowest BCUT2D eigenvalue weighted by Crippen LogP contribution is -2.17. The van der Waals surface area contributed by atoms with Gasteiger partial charge in [0.1, 0.15) is 12.4 Å². The molecule has 5 nitrogen and oxygen atoms in total. The minimum Gasteiger partial charge on any atom is -0.447 e. The van der Waals surface area contributed by atoms with Gasteiger partial charge in [-0.2, -0.15) is 0 Å². The fourth-order valence-corrected chi connectivity index (χ4v) is 1.10. The standard InChI is InChI=1S/C11H16N2O3/c1-3-9-5-4-6-10(12-9)13-11(14)16-8-7-15-2/h4-6H,3,7-8H2,1-2H3,(H,12,13,14). The number of carbonyl (C=O) groups is 1. The third-order valence-corrected chi connectivity index (χ3v) is 1.92. The molecule has 1 N–H and O–H groups in total. The van der Waals surface area contributed by atoms with Crippen LogP contribution in [0.5, 0.6) is 0 Å². The first-order valence-electron chi connectivity index (χ1n) is 5.15. The predicted molar refractivity (Wildman–Crippen MR) is 60.5 cm³/mol. The Bertz CT molecular complexity index is 342. The number of ether oxygens (including phenoxy) is 2. The Kier molecular flexibility index (Phi) is 5.28. The molecule has 0 spiro atoms. The van der Waals surface area contributed by atoms with Gasteiger partial charge in [0.2, 0.25) is 0 Å². The quantitative estimate of drug-likeness (QED) is 0.775.